The largest absolute Gasteiger partial charge is 0.456 e. The van der Waals surface area contributed by atoms with E-state index in [0.717, 1.165) is 5.56 Å². The van der Waals surface area contributed by atoms with E-state index in [-0.39, 0.29) is 17.5 Å². The molecule has 0 saturated heterocycles. The van der Waals surface area contributed by atoms with Gasteiger partial charge in [0.2, 0.25) is 0 Å². The summed E-state index contributed by atoms with van der Waals surface area (Å²) in [6, 6.07) is 11.2. The van der Waals surface area contributed by atoms with Gasteiger partial charge in [-0.3, -0.25) is 10.1 Å². The standard InChI is InChI=1S/C14H13ClN2O3/c1-9(16)10-2-5-12(6-3-10)20-14-8-11(17(18)19)4-7-13(14)15/h2-9H,16H2,1H3/t9-/m1/s1. The number of nitrogens with two attached hydrogens (primary N) is 1. The Morgan fingerprint density at radius 2 is 1.90 bits per heavy atom. The average molecular weight is 293 g/mol. The highest BCUT2D eigenvalue weighted by Gasteiger charge is 2.11. The molecule has 2 rings (SSSR count). The van der Waals surface area contributed by atoms with E-state index in [4.69, 9.17) is 22.1 Å². The van der Waals surface area contributed by atoms with Crippen molar-refractivity contribution in [2.45, 2.75) is 13.0 Å². The number of hydrogen-bond donors (Lipinski definition) is 1. The summed E-state index contributed by atoms with van der Waals surface area (Å²) in [5, 5.41) is 11.0. The van der Waals surface area contributed by atoms with Crippen molar-refractivity contribution in [3.63, 3.8) is 0 Å². The van der Waals surface area contributed by atoms with Gasteiger partial charge in [-0.2, -0.15) is 0 Å². The van der Waals surface area contributed by atoms with Gasteiger partial charge in [-0.15, -0.1) is 0 Å². The zero-order valence-electron chi connectivity index (χ0n) is 10.7. The molecule has 0 aromatic heterocycles. The fraction of sp³-hybridized carbons (Fsp3) is 0.143. The molecule has 0 spiro atoms. The third-order valence-corrected chi connectivity index (χ3v) is 3.07. The Hall–Kier alpha value is -2.11. The molecule has 0 radical (unpaired) electrons. The highest BCUT2D eigenvalue weighted by atomic mass is 35.5. The number of benzene rings is 2. The first kappa shape index (κ1) is 14.3. The third-order valence-electron chi connectivity index (χ3n) is 2.76. The van der Waals surface area contributed by atoms with E-state index >= 15 is 0 Å². The summed E-state index contributed by atoms with van der Waals surface area (Å²) in [4.78, 5) is 10.2. The van der Waals surface area contributed by atoms with Crippen molar-refractivity contribution in [3.8, 4) is 11.5 Å². The number of nitro groups is 1. The van der Waals surface area contributed by atoms with Gasteiger partial charge in [-0.25, -0.2) is 0 Å². The fourth-order valence-electron chi connectivity index (χ4n) is 1.65. The van der Waals surface area contributed by atoms with Gasteiger partial charge in [0, 0.05) is 12.1 Å². The van der Waals surface area contributed by atoms with Gasteiger partial charge < -0.3 is 10.5 Å². The van der Waals surface area contributed by atoms with E-state index in [0.29, 0.717) is 10.8 Å². The van der Waals surface area contributed by atoms with Crippen LogP contribution < -0.4 is 10.5 Å². The van der Waals surface area contributed by atoms with Crippen molar-refractivity contribution in [1.29, 1.82) is 0 Å². The highest BCUT2D eigenvalue weighted by molar-refractivity contribution is 6.32. The molecule has 0 saturated carbocycles. The zero-order chi connectivity index (χ0) is 14.7. The van der Waals surface area contributed by atoms with E-state index in [1.54, 1.807) is 12.1 Å². The SMILES string of the molecule is C[C@@H](N)c1ccc(Oc2cc([N+](=O)[O-])ccc2Cl)cc1. The number of non-ortho nitro benzene ring substituents is 1. The number of ether oxygens (including phenoxy) is 1. The first-order valence-electron chi connectivity index (χ1n) is 5.94. The van der Waals surface area contributed by atoms with Crippen LogP contribution in [-0.4, -0.2) is 4.92 Å². The molecule has 0 amide bonds. The van der Waals surface area contributed by atoms with Gasteiger partial charge >= 0.3 is 0 Å². The summed E-state index contributed by atoms with van der Waals surface area (Å²) in [7, 11) is 0. The van der Waals surface area contributed by atoms with Crippen LogP contribution in [0.2, 0.25) is 5.02 Å². The predicted octanol–water partition coefficient (Wildman–Crippen LogP) is 4.06. The maximum atomic E-state index is 10.7. The molecular weight excluding hydrogens is 280 g/mol. The lowest BCUT2D eigenvalue weighted by Crippen LogP contribution is -2.04. The summed E-state index contributed by atoms with van der Waals surface area (Å²) >= 11 is 5.96. The number of halogens is 1. The van der Waals surface area contributed by atoms with Crippen molar-refractivity contribution in [1.82, 2.24) is 0 Å². The summed E-state index contributed by atoms with van der Waals surface area (Å²) in [6.07, 6.45) is 0. The van der Waals surface area contributed by atoms with Crippen LogP contribution in [0.15, 0.2) is 42.5 Å². The van der Waals surface area contributed by atoms with Crippen LogP contribution in [0.5, 0.6) is 11.5 Å². The molecule has 0 fully saturated rings. The topological polar surface area (TPSA) is 78.4 Å². The normalized spacial score (nSPS) is 11.9. The van der Waals surface area contributed by atoms with Crippen LogP contribution >= 0.6 is 11.6 Å². The highest BCUT2D eigenvalue weighted by Crippen LogP contribution is 2.32. The molecule has 0 heterocycles. The van der Waals surface area contributed by atoms with E-state index in [9.17, 15) is 10.1 Å². The van der Waals surface area contributed by atoms with Crippen LogP contribution in [0.4, 0.5) is 5.69 Å². The van der Waals surface area contributed by atoms with E-state index in [2.05, 4.69) is 0 Å². The van der Waals surface area contributed by atoms with Crippen LogP contribution in [-0.2, 0) is 0 Å². The van der Waals surface area contributed by atoms with Crippen molar-refractivity contribution in [2.24, 2.45) is 5.73 Å². The monoisotopic (exact) mass is 292 g/mol. The molecule has 0 bridgehead atoms. The quantitative estimate of drug-likeness (QED) is 0.681. The van der Waals surface area contributed by atoms with Crippen LogP contribution in [0, 0.1) is 10.1 Å². The molecule has 2 N–H and O–H groups in total. The molecular formula is C14H13ClN2O3. The second-order valence-electron chi connectivity index (χ2n) is 4.33. The Balaban J connectivity index is 2.25. The summed E-state index contributed by atoms with van der Waals surface area (Å²) in [5.74, 6) is 0.784. The van der Waals surface area contributed by atoms with Gasteiger partial charge in [0.1, 0.15) is 5.75 Å². The molecule has 2 aromatic rings. The third kappa shape index (κ3) is 3.26. The van der Waals surface area contributed by atoms with Crippen LogP contribution in [0.25, 0.3) is 0 Å². The summed E-state index contributed by atoms with van der Waals surface area (Å²) in [5.41, 5.74) is 6.66. The lowest BCUT2D eigenvalue weighted by atomic mass is 10.1. The zero-order valence-corrected chi connectivity index (χ0v) is 11.5. The van der Waals surface area contributed by atoms with Gasteiger partial charge in [0.05, 0.1) is 16.0 Å². The second-order valence-corrected chi connectivity index (χ2v) is 4.74. The van der Waals surface area contributed by atoms with Gasteiger partial charge in [0.25, 0.3) is 5.69 Å². The lowest BCUT2D eigenvalue weighted by molar-refractivity contribution is -0.384. The Kier molecular flexibility index (Phi) is 4.22. The minimum absolute atomic E-state index is 0.0644. The average Bonchev–Trinajstić information content (AvgIpc) is 2.41. The molecule has 0 aliphatic heterocycles. The van der Waals surface area contributed by atoms with Crippen molar-refractivity contribution in [3.05, 3.63) is 63.2 Å². The minimum atomic E-state index is -0.498. The number of nitrogens with zero attached hydrogens (tertiary/aromatic N) is 1. The fourth-order valence-corrected chi connectivity index (χ4v) is 1.81. The number of hydrogen-bond acceptors (Lipinski definition) is 4. The van der Waals surface area contributed by atoms with Crippen molar-refractivity contribution >= 4 is 17.3 Å². The smallest absolute Gasteiger partial charge is 0.273 e. The van der Waals surface area contributed by atoms with Crippen LogP contribution in [0.1, 0.15) is 18.5 Å². The molecule has 20 heavy (non-hydrogen) atoms. The van der Waals surface area contributed by atoms with Gasteiger partial charge in [-0.1, -0.05) is 23.7 Å². The Morgan fingerprint density at radius 1 is 1.25 bits per heavy atom. The minimum Gasteiger partial charge on any atom is -0.456 e. The van der Waals surface area contributed by atoms with E-state index in [1.807, 2.05) is 19.1 Å². The molecule has 104 valence electrons. The van der Waals surface area contributed by atoms with Gasteiger partial charge in [-0.05, 0) is 30.7 Å². The number of nitro benzene ring substituents is 1. The first-order valence-corrected chi connectivity index (χ1v) is 6.32. The van der Waals surface area contributed by atoms with Crippen LogP contribution in [0.3, 0.4) is 0 Å². The first-order chi connectivity index (χ1) is 9.47. The molecule has 5 nitrogen and oxygen atoms in total. The predicted molar refractivity (Wildman–Crippen MR) is 77.2 cm³/mol. The lowest BCUT2D eigenvalue weighted by Gasteiger charge is -2.09. The maximum Gasteiger partial charge on any atom is 0.273 e. The van der Waals surface area contributed by atoms with E-state index < -0.39 is 4.92 Å². The molecule has 1 atom stereocenters. The summed E-state index contributed by atoms with van der Waals surface area (Å²) < 4.78 is 5.56. The molecule has 2 aromatic carbocycles. The molecule has 0 unspecified atom stereocenters. The van der Waals surface area contributed by atoms with Gasteiger partial charge in [0.15, 0.2) is 5.75 Å². The van der Waals surface area contributed by atoms with Crippen molar-refractivity contribution in [2.75, 3.05) is 0 Å². The number of rotatable bonds is 4. The van der Waals surface area contributed by atoms with Crippen molar-refractivity contribution < 1.29 is 9.66 Å². The molecule has 0 aliphatic rings. The second kappa shape index (κ2) is 5.90. The Morgan fingerprint density at radius 3 is 2.45 bits per heavy atom. The molecule has 0 aliphatic carbocycles. The summed E-state index contributed by atoms with van der Waals surface area (Å²) in [6.45, 7) is 1.88. The molecule has 6 heteroatoms. The van der Waals surface area contributed by atoms with E-state index in [1.165, 1.54) is 18.2 Å². The maximum absolute atomic E-state index is 10.7. The Labute approximate surface area is 121 Å². The Bertz CT molecular complexity index is 627.